The molecule has 1 rings (SSSR count). The summed E-state index contributed by atoms with van der Waals surface area (Å²) in [6.07, 6.45) is 6.52. The summed E-state index contributed by atoms with van der Waals surface area (Å²) < 4.78 is 4.55. The zero-order valence-corrected chi connectivity index (χ0v) is 7.75. The van der Waals surface area contributed by atoms with Crippen LogP contribution in [-0.2, 0) is 9.53 Å². The molecule has 0 saturated carbocycles. The zero-order valence-electron chi connectivity index (χ0n) is 7.75. The summed E-state index contributed by atoms with van der Waals surface area (Å²) in [5, 5.41) is 10.8. The number of carbonyl (C=O) groups is 1. The van der Waals surface area contributed by atoms with Crippen LogP contribution in [0.15, 0.2) is 24.3 Å². The highest BCUT2D eigenvalue weighted by molar-refractivity contribution is 5.37. The fourth-order valence-corrected chi connectivity index (χ4v) is 1.33. The maximum Gasteiger partial charge on any atom is 0.293 e. The Morgan fingerprint density at radius 1 is 1.64 bits per heavy atom. The van der Waals surface area contributed by atoms with Crippen molar-refractivity contribution in [1.82, 2.24) is 0 Å². The van der Waals surface area contributed by atoms with Crippen molar-refractivity contribution < 1.29 is 14.5 Å². The predicted octanol–water partition coefficient (Wildman–Crippen LogP) is 0.937. The quantitative estimate of drug-likeness (QED) is 0.382. The normalized spacial score (nSPS) is 29.9. The molecule has 2 unspecified atom stereocenters. The minimum atomic E-state index is -1.18. The summed E-state index contributed by atoms with van der Waals surface area (Å²) in [5.41, 5.74) is -1.18. The third-order valence-corrected chi connectivity index (χ3v) is 2.38. The van der Waals surface area contributed by atoms with Gasteiger partial charge in [0.25, 0.3) is 6.47 Å². The van der Waals surface area contributed by atoms with Crippen molar-refractivity contribution in [2.24, 2.45) is 5.92 Å². The second-order valence-corrected chi connectivity index (χ2v) is 3.26. The Hall–Kier alpha value is -1.65. The first kappa shape index (κ1) is 10.4. The molecule has 0 fully saturated rings. The fraction of sp³-hybridized carbons (Fsp3) is 0.444. The molecule has 0 N–H and O–H groups in total. The van der Waals surface area contributed by atoms with E-state index in [4.69, 9.17) is 0 Å². The molecule has 14 heavy (non-hydrogen) atoms. The van der Waals surface area contributed by atoms with Crippen LogP contribution in [-0.4, -0.2) is 23.5 Å². The topological polar surface area (TPSA) is 69.4 Å². The van der Waals surface area contributed by atoms with Gasteiger partial charge in [0, 0.05) is 11.8 Å². The van der Waals surface area contributed by atoms with Gasteiger partial charge >= 0.3 is 0 Å². The van der Waals surface area contributed by atoms with E-state index in [0.717, 1.165) is 0 Å². The number of rotatable bonds is 4. The predicted molar refractivity (Wildman–Crippen MR) is 49.2 cm³/mol. The first-order chi connectivity index (χ1) is 6.61. The van der Waals surface area contributed by atoms with Crippen LogP contribution in [0.4, 0.5) is 0 Å². The molecule has 1 aliphatic carbocycles. The summed E-state index contributed by atoms with van der Waals surface area (Å²) >= 11 is 0. The highest BCUT2D eigenvalue weighted by Gasteiger charge is 2.43. The Labute approximate surface area is 81.2 Å². The number of hydrogen-bond donors (Lipinski definition) is 0. The molecule has 0 aliphatic heterocycles. The molecule has 5 heteroatoms. The molecule has 0 bridgehead atoms. The Morgan fingerprint density at radius 3 is 2.93 bits per heavy atom. The lowest BCUT2D eigenvalue weighted by molar-refractivity contribution is -0.559. The standard InChI is InChI=1S/C9H11NO4/c1-9(10(12)13)5-3-2-4-8(9)6-14-7-11/h2-5,7-8H,6H2,1H3. The SMILES string of the molecule is CC1([N+](=O)[O-])C=CC=CC1COC=O. The first-order valence-electron chi connectivity index (χ1n) is 4.17. The van der Waals surface area contributed by atoms with Crippen LogP contribution in [0.25, 0.3) is 0 Å². The van der Waals surface area contributed by atoms with Crippen molar-refractivity contribution in [2.75, 3.05) is 6.61 Å². The maximum atomic E-state index is 10.8. The van der Waals surface area contributed by atoms with Crippen LogP contribution in [0.5, 0.6) is 0 Å². The van der Waals surface area contributed by atoms with Crippen molar-refractivity contribution in [3.8, 4) is 0 Å². The summed E-state index contributed by atoms with van der Waals surface area (Å²) in [7, 11) is 0. The monoisotopic (exact) mass is 197 g/mol. The number of nitrogens with zero attached hydrogens (tertiary/aromatic N) is 1. The molecule has 5 nitrogen and oxygen atoms in total. The second-order valence-electron chi connectivity index (χ2n) is 3.26. The lowest BCUT2D eigenvalue weighted by atomic mass is 9.83. The van der Waals surface area contributed by atoms with Gasteiger partial charge in [0.2, 0.25) is 5.54 Å². The Bertz CT molecular complexity index is 297. The van der Waals surface area contributed by atoms with Gasteiger partial charge in [-0.2, -0.15) is 0 Å². The molecular formula is C9H11NO4. The van der Waals surface area contributed by atoms with E-state index in [2.05, 4.69) is 4.74 Å². The summed E-state index contributed by atoms with van der Waals surface area (Å²) in [6.45, 7) is 1.83. The van der Waals surface area contributed by atoms with Gasteiger partial charge in [-0.1, -0.05) is 18.2 Å². The Balaban J connectivity index is 2.80. The average molecular weight is 197 g/mol. The largest absolute Gasteiger partial charge is 0.467 e. The molecule has 0 amide bonds. The molecule has 0 aromatic rings. The highest BCUT2D eigenvalue weighted by atomic mass is 16.6. The maximum absolute atomic E-state index is 10.8. The Morgan fingerprint density at radius 2 is 2.36 bits per heavy atom. The number of allylic oxidation sites excluding steroid dienone is 2. The van der Waals surface area contributed by atoms with Crippen molar-refractivity contribution in [2.45, 2.75) is 12.5 Å². The molecule has 0 radical (unpaired) electrons. The van der Waals surface area contributed by atoms with E-state index in [1.807, 2.05) is 0 Å². The number of nitro groups is 1. The average Bonchev–Trinajstić information content (AvgIpc) is 2.16. The lowest BCUT2D eigenvalue weighted by Gasteiger charge is -2.25. The second kappa shape index (κ2) is 4.04. The molecule has 2 atom stereocenters. The van der Waals surface area contributed by atoms with E-state index in [9.17, 15) is 14.9 Å². The van der Waals surface area contributed by atoms with E-state index < -0.39 is 11.5 Å². The van der Waals surface area contributed by atoms with E-state index in [-0.39, 0.29) is 11.5 Å². The molecule has 0 heterocycles. The smallest absolute Gasteiger partial charge is 0.293 e. The van der Waals surface area contributed by atoms with Crippen molar-refractivity contribution in [3.05, 3.63) is 34.4 Å². The van der Waals surface area contributed by atoms with Gasteiger partial charge in [-0.15, -0.1) is 0 Å². The van der Waals surface area contributed by atoms with Crippen LogP contribution in [0.3, 0.4) is 0 Å². The molecule has 0 saturated heterocycles. The van der Waals surface area contributed by atoms with Crippen LogP contribution in [0, 0.1) is 16.0 Å². The minimum absolute atomic E-state index is 0.0296. The van der Waals surface area contributed by atoms with Gasteiger partial charge in [-0.3, -0.25) is 14.9 Å². The van der Waals surface area contributed by atoms with Crippen LogP contribution < -0.4 is 0 Å². The summed E-state index contributed by atoms with van der Waals surface area (Å²) in [4.78, 5) is 20.5. The minimum Gasteiger partial charge on any atom is -0.467 e. The van der Waals surface area contributed by atoms with E-state index in [0.29, 0.717) is 6.47 Å². The van der Waals surface area contributed by atoms with Crippen molar-refractivity contribution in [1.29, 1.82) is 0 Å². The van der Waals surface area contributed by atoms with Crippen LogP contribution in [0.1, 0.15) is 6.92 Å². The third kappa shape index (κ3) is 1.81. The van der Waals surface area contributed by atoms with Gasteiger partial charge in [-0.25, -0.2) is 0 Å². The van der Waals surface area contributed by atoms with Gasteiger partial charge in [-0.05, 0) is 6.08 Å². The lowest BCUT2D eigenvalue weighted by Crippen LogP contribution is -2.43. The molecule has 1 aliphatic rings. The highest BCUT2D eigenvalue weighted by Crippen LogP contribution is 2.27. The van der Waals surface area contributed by atoms with E-state index in [1.54, 1.807) is 18.2 Å². The number of carbonyl (C=O) groups excluding carboxylic acids is 1. The van der Waals surface area contributed by atoms with Crippen molar-refractivity contribution >= 4 is 6.47 Å². The fourth-order valence-electron chi connectivity index (χ4n) is 1.33. The first-order valence-corrected chi connectivity index (χ1v) is 4.17. The van der Waals surface area contributed by atoms with Crippen molar-refractivity contribution in [3.63, 3.8) is 0 Å². The van der Waals surface area contributed by atoms with Crippen LogP contribution >= 0.6 is 0 Å². The van der Waals surface area contributed by atoms with Gasteiger partial charge in [0.15, 0.2) is 0 Å². The molecule has 76 valence electrons. The van der Waals surface area contributed by atoms with E-state index >= 15 is 0 Å². The van der Waals surface area contributed by atoms with Gasteiger partial charge in [0.1, 0.15) is 6.61 Å². The van der Waals surface area contributed by atoms with Gasteiger partial charge < -0.3 is 4.74 Å². The van der Waals surface area contributed by atoms with E-state index in [1.165, 1.54) is 13.0 Å². The number of ether oxygens (including phenoxy) is 1. The zero-order chi connectivity index (χ0) is 10.6. The number of hydrogen-bond acceptors (Lipinski definition) is 4. The summed E-state index contributed by atoms with van der Waals surface area (Å²) in [6, 6.07) is 0. The van der Waals surface area contributed by atoms with Crippen LogP contribution in [0.2, 0.25) is 0 Å². The van der Waals surface area contributed by atoms with Gasteiger partial charge in [0.05, 0.1) is 5.92 Å². The third-order valence-electron chi connectivity index (χ3n) is 2.38. The molecular weight excluding hydrogens is 186 g/mol. The molecule has 0 aromatic heterocycles. The Kier molecular flexibility index (Phi) is 3.01. The summed E-state index contributed by atoms with van der Waals surface area (Å²) in [5.74, 6) is -0.410. The molecule has 0 aromatic carbocycles. The molecule has 0 spiro atoms.